The molecule has 1 aliphatic heterocycles. The summed E-state index contributed by atoms with van der Waals surface area (Å²) < 4.78 is 0. The fourth-order valence-electron chi connectivity index (χ4n) is 2.56. The van der Waals surface area contributed by atoms with Crippen molar-refractivity contribution >= 4 is 5.91 Å². The first-order valence-corrected chi connectivity index (χ1v) is 7.09. The number of hydrogen-bond donors (Lipinski definition) is 1. The number of hydrogen-bond acceptors (Lipinski definition) is 2. The van der Waals surface area contributed by atoms with Crippen LogP contribution in [-0.4, -0.2) is 37.0 Å². The Bertz CT molecular complexity index is 414. The lowest BCUT2D eigenvalue weighted by Crippen LogP contribution is -2.39. The van der Waals surface area contributed by atoms with Crippen LogP contribution in [0.3, 0.4) is 0 Å². The molecule has 0 spiro atoms. The van der Waals surface area contributed by atoms with Crippen LogP contribution in [0.4, 0.5) is 0 Å². The van der Waals surface area contributed by atoms with Gasteiger partial charge in [-0.2, -0.15) is 0 Å². The minimum atomic E-state index is 0.166. The molecule has 1 aromatic rings. The van der Waals surface area contributed by atoms with Crippen LogP contribution < -0.4 is 5.32 Å². The smallest absolute Gasteiger partial charge is 0.222 e. The zero-order chi connectivity index (χ0) is 13.7. The van der Waals surface area contributed by atoms with Crippen LogP contribution in [0.15, 0.2) is 30.3 Å². The highest BCUT2D eigenvalue weighted by molar-refractivity contribution is 5.76. The van der Waals surface area contributed by atoms with Crippen LogP contribution in [0.5, 0.6) is 0 Å². The van der Waals surface area contributed by atoms with E-state index in [1.807, 2.05) is 23.1 Å². The number of carbonyl (C=O) groups is 1. The van der Waals surface area contributed by atoms with Crippen LogP contribution in [0.25, 0.3) is 0 Å². The largest absolute Gasteiger partial charge is 0.341 e. The molecule has 2 rings (SSSR count). The van der Waals surface area contributed by atoms with Gasteiger partial charge in [0.05, 0.1) is 0 Å². The molecule has 0 radical (unpaired) electrons. The van der Waals surface area contributed by atoms with Gasteiger partial charge in [0.2, 0.25) is 5.91 Å². The Morgan fingerprint density at radius 2 is 2.05 bits per heavy atom. The molecule has 1 N–H and O–H groups in total. The third kappa shape index (κ3) is 4.35. The lowest BCUT2D eigenvalue weighted by molar-refractivity contribution is -0.132. The summed E-state index contributed by atoms with van der Waals surface area (Å²) in [4.78, 5) is 14.3. The van der Waals surface area contributed by atoms with Crippen molar-refractivity contribution in [1.82, 2.24) is 10.2 Å². The monoisotopic (exact) mass is 260 g/mol. The number of aryl methyl sites for hydroxylation is 1. The maximum absolute atomic E-state index is 12.3. The summed E-state index contributed by atoms with van der Waals surface area (Å²) >= 11 is 0. The number of nitrogens with zero attached hydrogens (tertiary/aromatic N) is 1. The van der Waals surface area contributed by atoms with Crippen molar-refractivity contribution in [2.75, 3.05) is 26.2 Å². The van der Waals surface area contributed by atoms with Crippen molar-refractivity contribution in [2.45, 2.75) is 26.7 Å². The molecule has 1 aromatic carbocycles. The molecule has 1 amide bonds. The predicted molar refractivity (Wildman–Crippen MR) is 78.0 cm³/mol. The number of rotatable bonds is 3. The summed E-state index contributed by atoms with van der Waals surface area (Å²) in [6.45, 7) is 7.99. The van der Waals surface area contributed by atoms with E-state index in [4.69, 9.17) is 0 Å². The third-order valence-corrected chi connectivity index (χ3v) is 3.60. The Labute approximate surface area is 116 Å². The van der Waals surface area contributed by atoms with E-state index in [9.17, 15) is 4.79 Å². The van der Waals surface area contributed by atoms with E-state index in [1.54, 1.807) is 0 Å². The highest BCUT2D eigenvalue weighted by Crippen LogP contribution is 2.18. The van der Waals surface area contributed by atoms with Crippen molar-refractivity contribution in [1.29, 1.82) is 0 Å². The molecule has 19 heavy (non-hydrogen) atoms. The second kappa shape index (κ2) is 6.20. The van der Waals surface area contributed by atoms with E-state index in [0.717, 1.165) is 32.6 Å². The summed E-state index contributed by atoms with van der Waals surface area (Å²) in [5.41, 5.74) is 1.40. The molecule has 104 valence electrons. The topological polar surface area (TPSA) is 32.3 Å². The van der Waals surface area contributed by atoms with E-state index >= 15 is 0 Å². The minimum absolute atomic E-state index is 0.166. The van der Waals surface area contributed by atoms with Gasteiger partial charge in [-0.25, -0.2) is 0 Å². The van der Waals surface area contributed by atoms with Gasteiger partial charge >= 0.3 is 0 Å². The first-order chi connectivity index (χ1) is 9.07. The summed E-state index contributed by atoms with van der Waals surface area (Å²) in [5, 5.41) is 3.40. The van der Waals surface area contributed by atoms with Gasteiger partial charge in [0.1, 0.15) is 0 Å². The van der Waals surface area contributed by atoms with Crippen molar-refractivity contribution in [2.24, 2.45) is 5.41 Å². The Hall–Kier alpha value is -1.35. The minimum Gasteiger partial charge on any atom is -0.341 e. The molecule has 3 nitrogen and oxygen atoms in total. The molecule has 1 fully saturated rings. The standard InChI is InChI=1S/C16H24N2O/c1-16(2)12-17-10-11-18(13-16)15(19)9-8-14-6-4-3-5-7-14/h3-7,17H,8-13H2,1-2H3. The SMILES string of the molecule is CC1(C)CNCCN(C(=O)CCc2ccccc2)C1. The lowest BCUT2D eigenvalue weighted by Gasteiger charge is -2.29. The predicted octanol–water partition coefficient (Wildman–Crippen LogP) is 2.08. The maximum atomic E-state index is 12.3. The van der Waals surface area contributed by atoms with Crippen molar-refractivity contribution in [3.05, 3.63) is 35.9 Å². The summed E-state index contributed by atoms with van der Waals surface area (Å²) in [6, 6.07) is 10.2. The first kappa shape index (κ1) is 14.1. The van der Waals surface area contributed by atoms with Gasteiger partial charge in [-0.15, -0.1) is 0 Å². The Kier molecular flexibility index (Phi) is 4.59. The van der Waals surface area contributed by atoms with E-state index in [1.165, 1.54) is 5.56 Å². The zero-order valence-electron chi connectivity index (χ0n) is 12.0. The fraction of sp³-hybridized carbons (Fsp3) is 0.562. The molecular formula is C16H24N2O. The summed E-state index contributed by atoms with van der Waals surface area (Å²) in [7, 11) is 0. The van der Waals surface area contributed by atoms with Gasteiger partial charge in [0, 0.05) is 32.6 Å². The molecule has 1 heterocycles. The summed E-state index contributed by atoms with van der Waals surface area (Å²) in [5.74, 6) is 0.278. The van der Waals surface area contributed by atoms with Gasteiger partial charge in [0.15, 0.2) is 0 Å². The highest BCUT2D eigenvalue weighted by atomic mass is 16.2. The van der Waals surface area contributed by atoms with E-state index in [0.29, 0.717) is 6.42 Å². The zero-order valence-corrected chi connectivity index (χ0v) is 12.0. The van der Waals surface area contributed by atoms with E-state index in [-0.39, 0.29) is 11.3 Å². The quantitative estimate of drug-likeness (QED) is 0.902. The Morgan fingerprint density at radius 1 is 1.32 bits per heavy atom. The normalized spacial score (nSPS) is 18.9. The van der Waals surface area contributed by atoms with Crippen LogP contribution in [-0.2, 0) is 11.2 Å². The second-order valence-electron chi connectivity index (χ2n) is 6.14. The van der Waals surface area contributed by atoms with Gasteiger partial charge in [-0.3, -0.25) is 4.79 Å². The molecule has 0 saturated carbocycles. The maximum Gasteiger partial charge on any atom is 0.222 e. The van der Waals surface area contributed by atoms with Gasteiger partial charge < -0.3 is 10.2 Å². The van der Waals surface area contributed by atoms with Crippen molar-refractivity contribution in [3.8, 4) is 0 Å². The number of amides is 1. The average Bonchev–Trinajstić information content (AvgIpc) is 2.58. The second-order valence-corrected chi connectivity index (χ2v) is 6.14. The highest BCUT2D eigenvalue weighted by Gasteiger charge is 2.26. The molecule has 0 unspecified atom stereocenters. The van der Waals surface area contributed by atoms with Crippen LogP contribution >= 0.6 is 0 Å². The van der Waals surface area contributed by atoms with Crippen LogP contribution in [0.2, 0.25) is 0 Å². The lowest BCUT2D eigenvalue weighted by atomic mass is 9.93. The first-order valence-electron chi connectivity index (χ1n) is 7.09. The molecule has 0 atom stereocenters. The van der Waals surface area contributed by atoms with Crippen LogP contribution in [0.1, 0.15) is 25.8 Å². The van der Waals surface area contributed by atoms with Gasteiger partial charge in [0.25, 0.3) is 0 Å². The summed E-state index contributed by atoms with van der Waals surface area (Å²) in [6.07, 6.45) is 1.45. The molecule has 1 saturated heterocycles. The molecule has 1 aliphatic rings. The molecule has 0 aliphatic carbocycles. The van der Waals surface area contributed by atoms with Crippen molar-refractivity contribution in [3.63, 3.8) is 0 Å². The third-order valence-electron chi connectivity index (χ3n) is 3.60. The number of benzene rings is 1. The number of carbonyl (C=O) groups excluding carboxylic acids is 1. The van der Waals surface area contributed by atoms with Gasteiger partial charge in [-0.05, 0) is 17.4 Å². The van der Waals surface area contributed by atoms with Gasteiger partial charge in [-0.1, -0.05) is 44.2 Å². The van der Waals surface area contributed by atoms with Crippen molar-refractivity contribution < 1.29 is 4.79 Å². The Balaban J connectivity index is 1.88. The number of nitrogens with one attached hydrogen (secondary N) is 1. The molecule has 0 bridgehead atoms. The molecular weight excluding hydrogens is 236 g/mol. The Morgan fingerprint density at radius 3 is 2.79 bits per heavy atom. The fourth-order valence-corrected chi connectivity index (χ4v) is 2.56. The average molecular weight is 260 g/mol. The van der Waals surface area contributed by atoms with Crippen LogP contribution in [0, 0.1) is 5.41 Å². The molecule has 0 aromatic heterocycles. The van der Waals surface area contributed by atoms with E-state index < -0.39 is 0 Å². The van der Waals surface area contributed by atoms with E-state index in [2.05, 4.69) is 31.3 Å². The molecule has 3 heteroatoms.